The van der Waals surface area contributed by atoms with Crippen molar-refractivity contribution in [3.63, 3.8) is 0 Å². The fourth-order valence-corrected chi connectivity index (χ4v) is 0.418. The molecule has 0 bridgehead atoms. The lowest BCUT2D eigenvalue weighted by Crippen LogP contribution is -2.28. The van der Waals surface area contributed by atoms with E-state index >= 15 is 0 Å². The molecule has 0 aromatic heterocycles. The minimum absolute atomic E-state index is 0.292. The second-order valence-electron chi connectivity index (χ2n) is 1.60. The Labute approximate surface area is 45.6 Å². The van der Waals surface area contributed by atoms with Crippen LogP contribution in [-0.4, -0.2) is 16.8 Å². The van der Waals surface area contributed by atoms with Gasteiger partial charge in [-0.05, 0) is 0 Å². The first-order valence-electron chi connectivity index (χ1n) is 2.23. The van der Waals surface area contributed by atoms with Crippen molar-refractivity contribution in [3.8, 4) is 0 Å². The molecule has 8 heavy (non-hydrogen) atoms. The summed E-state index contributed by atoms with van der Waals surface area (Å²) >= 11 is 0. The molecule has 1 fully saturated rings. The lowest BCUT2D eigenvalue weighted by Gasteiger charge is -1.77. The molecule has 1 saturated heterocycles. The summed E-state index contributed by atoms with van der Waals surface area (Å²) in [6, 6.07) is -0.602. The summed E-state index contributed by atoms with van der Waals surface area (Å²) in [7, 11) is 0. The maximum Gasteiger partial charge on any atom is 0.319 e. The van der Waals surface area contributed by atoms with Gasteiger partial charge in [0.1, 0.15) is 4.87 Å². The smallest absolute Gasteiger partial charge is 0.265 e. The van der Waals surface area contributed by atoms with Crippen LogP contribution in [0.3, 0.4) is 0 Å². The molecule has 0 aromatic rings. The van der Waals surface area contributed by atoms with Gasteiger partial charge in [-0.3, -0.25) is 4.79 Å². The molecule has 0 saturated carbocycles. The Kier molecular flexibility index (Phi) is 0.896. The minimum Gasteiger partial charge on any atom is -0.265 e. The Morgan fingerprint density at radius 2 is 2.38 bits per heavy atom. The van der Waals surface area contributed by atoms with Gasteiger partial charge in [0.2, 0.25) is 0 Å². The van der Waals surface area contributed by atoms with E-state index in [1.54, 1.807) is 0 Å². The Morgan fingerprint density at radius 3 is 2.50 bits per heavy atom. The molecule has 1 heterocycles. The fraction of sp³-hybridized carbons (Fsp3) is 0.667. The van der Waals surface area contributed by atoms with Crippen molar-refractivity contribution in [1.82, 2.24) is 11.0 Å². The summed E-state index contributed by atoms with van der Waals surface area (Å²) in [6.07, 6.45) is 0. The van der Waals surface area contributed by atoms with E-state index in [9.17, 15) is 9.70 Å². The van der Waals surface area contributed by atoms with Gasteiger partial charge in [0.25, 0.3) is 0 Å². The van der Waals surface area contributed by atoms with E-state index in [1.807, 2.05) is 0 Å². The third-order valence-corrected chi connectivity index (χ3v) is 1.02. The molecular formula is C3H6N3O2+. The number of nitrogens with zero attached hydrogens (tertiary/aromatic N) is 1. The zero-order valence-electron chi connectivity index (χ0n) is 4.34. The number of rotatable bonds is 0. The highest BCUT2D eigenvalue weighted by molar-refractivity contribution is 5.80. The highest BCUT2D eigenvalue weighted by Crippen LogP contribution is 1.89. The van der Waals surface area contributed by atoms with Crippen molar-refractivity contribution >= 4 is 5.91 Å². The third kappa shape index (κ3) is 0.518. The van der Waals surface area contributed by atoms with Crippen LogP contribution in [0.4, 0.5) is 0 Å². The topological polar surface area (TPSA) is 61.2 Å². The molecule has 5 heteroatoms. The first kappa shape index (κ1) is 5.02. The van der Waals surface area contributed by atoms with E-state index < -0.39 is 6.04 Å². The minimum atomic E-state index is -0.602. The molecule has 1 aliphatic heterocycles. The number of nitrogens with one attached hydrogen (secondary N) is 2. The summed E-state index contributed by atoms with van der Waals surface area (Å²) in [4.78, 5) is 21.1. The molecule has 5 nitrogen and oxygen atoms in total. The quantitative estimate of drug-likeness (QED) is 0.387. The van der Waals surface area contributed by atoms with Gasteiger partial charge in [0.15, 0.2) is 0 Å². The Morgan fingerprint density at radius 1 is 1.75 bits per heavy atom. The zero-order valence-corrected chi connectivity index (χ0v) is 4.34. The Hall–Kier alpha value is -1.13. The van der Waals surface area contributed by atoms with Gasteiger partial charge >= 0.3 is 11.9 Å². The Balaban J connectivity index is 2.70. The van der Waals surface area contributed by atoms with E-state index in [2.05, 4.69) is 11.0 Å². The fourth-order valence-electron chi connectivity index (χ4n) is 0.418. The van der Waals surface area contributed by atoms with E-state index in [-0.39, 0.29) is 5.91 Å². The summed E-state index contributed by atoms with van der Waals surface area (Å²) < 4.78 is 0. The number of carbonyl (C=O) groups is 1. The molecule has 0 spiro atoms. The van der Waals surface area contributed by atoms with Gasteiger partial charge in [0, 0.05) is 6.92 Å². The van der Waals surface area contributed by atoms with Crippen LogP contribution in [0.1, 0.15) is 6.92 Å². The predicted octanol–water partition coefficient (Wildman–Crippen LogP) is -1.30. The standard InChI is InChI=1S/C3H5N3O2/c1-2-3(7)4-5-6(2)8/h2H,1H3,(H-,4,5,7,8)/p+1. The monoisotopic (exact) mass is 116 g/mol. The van der Waals surface area contributed by atoms with Gasteiger partial charge in [-0.1, -0.05) is 5.53 Å². The molecule has 2 N–H and O–H groups in total. The Bertz CT molecular complexity index is 127. The predicted molar refractivity (Wildman–Crippen MR) is 24.4 cm³/mol. The molecular weight excluding hydrogens is 110 g/mol. The van der Waals surface area contributed by atoms with Crippen molar-refractivity contribution in [2.24, 2.45) is 0 Å². The van der Waals surface area contributed by atoms with Crippen LogP contribution in [-0.2, 0) is 4.79 Å². The van der Waals surface area contributed by atoms with Gasteiger partial charge in [0.05, 0.1) is 4.91 Å². The molecule has 1 unspecified atom stereocenters. The van der Waals surface area contributed by atoms with Gasteiger partial charge < -0.3 is 0 Å². The van der Waals surface area contributed by atoms with E-state index in [4.69, 9.17) is 0 Å². The van der Waals surface area contributed by atoms with Crippen LogP contribution in [0, 0.1) is 4.91 Å². The largest absolute Gasteiger partial charge is 0.319 e. The summed E-state index contributed by atoms with van der Waals surface area (Å²) in [6.45, 7) is 1.52. The molecule has 0 radical (unpaired) electrons. The maximum atomic E-state index is 10.4. The van der Waals surface area contributed by atoms with Gasteiger partial charge in [-0.25, -0.2) is 5.43 Å². The van der Waals surface area contributed by atoms with E-state index in [0.29, 0.717) is 4.87 Å². The third-order valence-electron chi connectivity index (χ3n) is 1.02. The first-order chi connectivity index (χ1) is 3.72. The average Bonchev–Trinajstić information content (AvgIpc) is 1.98. The molecule has 0 aliphatic carbocycles. The van der Waals surface area contributed by atoms with Crippen molar-refractivity contribution in [2.45, 2.75) is 13.0 Å². The van der Waals surface area contributed by atoms with Gasteiger partial charge in [-0.2, -0.15) is 0 Å². The molecule has 1 atom stereocenters. The van der Waals surface area contributed by atoms with Crippen LogP contribution < -0.4 is 11.0 Å². The number of hydrogen-bond donors (Lipinski definition) is 2. The molecule has 1 rings (SSSR count). The molecule has 0 aromatic carbocycles. The van der Waals surface area contributed by atoms with Crippen LogP contribution >= 0.6 is 0 Å². The van der Waals surface area contributed by atoms with Gasteiger partial charge in [-0.15, -0.1) is 0 Å². The number of hydrogen-bond acceptors (Lipinski definition) is 2. The lowest BCUT2D eigenvalue weighted by molar-refractivity contribution is -0.615. The SMILES string of the molecule is CC1C(=O)NN[N+]1=O. The van der Waals surface area contributed by atoms with Crippen molar-refractivity contribution in [2.75, 3.05) is 0 Å². The normalized spacial score (nSPS) is 27.4. The highest BCUT2D eigenvalue weighted by atomic mass is 16.3. The summed E-state index contributed by atoms with van der Waals surface area (Å²) in [5, 5.41) is 0. The summed E-state index contributed by atoms with van der Waals surface area (Å²) in [5.41, 5.74) is 4.24. The maximum absolute atomic E-state index is 10.4. The number of carbonyl (C=O) groups excluding carboxylic acids is 1. The lowest BCUT2D eigenvalue weighted by atomic mass is 10.4. The first-order valence-corrected chi connectivity index (χ1v) is 2.23. The van der Waals surface area contributed by atoms with Crippen LogP contribution in [0.15, 0.2) is 0 Å². The number of amides is 1. The van der Waals surface area contributed by atoms with E-state index in [0.717, 1.165) is 0 Å². The second kappa shape index (κ2) is 1.43. The van der Waals surface area contributed by atoms with Crippen LogP contribution in [0.2, 0.25) is 0 Å². The van der Waals surface area contributed by atoms with Crippen LogP contribution in [0.25, 0.3) is 0 Å². The molecule has 1 aliphatic rings. The number of nitroso groups, excluding NO2 is 1. The van der Waals surface area contributed by atoms with Crippen molar-refractivity contribution < 1.29 is 9.66 Å². The molecule has 1 amide bonds. The van der Waals surface area contributed by atoms with Crippen molar-refractivity contribution in [3.05, 3.63) is 4.91 Å². The number of hydrazine groups is 2. The van der Waals surface area contributed by atoms with Crippen molar-refractivity contribution in [1.29, 1.82) is 0 Å². The van der Waals surface area contributed by atoms with Crippen LogP contribution in [0.5, 0.6) is 0 Å². The highest BCUT2D eigenvalue weighted by Gasteiger charge is 2.36. The second-order valence-corrected chi connectivity index (χ2v) is 1.60. The summed E-state index contributed by atoms with van der Waals surface area (Å²) in [5.74, 6) is -0.292. The molecule has 44 valence electrons. The van der Waals surface area contributed by atoms with E-state index in [1.165, 1.54) is 6.92 Å². The zero-order chi connectivity index (χ0) is 6.15. The average molecular weight is 116 g/mol.